The summed E-state index contributed by atoms with van der Waals surface area (Å²) in [7, 11) is 0. The third kappa shape index (κ3) is 5.42. The van der Waals surface area contributed by atoms with Crippen LogP contribution < -0.4 is 5.32 Å². The lowest BCUT2D eigenvalue weighted by Gasteiger charge is -2.30. The van der Waals surface area contributed by atoms with Crippen LogP contribution in [0.4, 0.5) is 0 Å². The van der Waals surface area contributed by atoms with Gasteiger partial charge in [0.1, 0.15) is 6.61 Å². The highest BCUT2D eigenvalue weighted by atomic mass is 16.6. The Labute approximate surface area is 199 Å². The molecular formula is C28H29NO5. The molecule has 176 valence electrons. The maximum Gasteiger partial charge on any atom is 0.348 e. The molecule has 34 heavy (non-hydrogen) atoms. The van der Waals surface area contributed by atoms with E-state index < -0.39 is 17.7 Å². The summed E-state index contributed by atoms with van der Waals surface area (Å²) < 4.78 is 11.4. The third-order valence-electron chi connectivity index (χ3n) is 6.11. The van der Waals surface area contributed by atoms with E-state index in [2.05, 4.69) is 5.32 Å². The number of ether oxygens (including phenoxy) is 2. The average molecular weight is 460 g/mol. The molecule has 0 aromatic heterocycles. The number of carbonyl (C=O) groups excluding carboxylic acids is 2. The van der Waals surface area contributed by atoms with Gasteiger partial charge in [-0.25, -0.2) is 4.79 Å². The summed E-state index contributed by atoms with van der Waals surface area (Å²) in [5.41, 5.74) is -0.337. The zero-order chi connectivity index (χ0) is 23.8. The number of hydrogen-bond acceptors (Lipinski definition) is 6. The Bertz CT molecular complexity index is 1030. The fraction of sp³-hybridized carbons (Fsp3) is 0.286. The van der Waals surface area contributed by atoms with Crippen molar-refractivity contribution in [2.75, 3.05) is 19.7 Å². The largest absolute Gasteiger partial charge is 0.451 e. The van der Waals surface area contributed by atoms with Crippen molar-refractivity contribution in [2.24, 2.45) is 5.92 Å². The molecule has 1 aliphatic heterocycles. The molecule has 2 N–H and O–H groups in total. The lowest BCUT2D eigenvalue weighted by Crippen LogP contribution is -2.45. The van der Waals surface area contributed by atoms with Crippen LogP contribution in [-0.4, -0.2) is 42.7 Å². The van der Waals surface area contributed by atoms with E-state index >= 15 is 0 Å². The summed E-state index contributed by atoms with van der Waals surface area (Å²) in [6, 6.07) is 26.9. The minimum absolute atomic E-state index is 0.182. The van der Waals surface area contributed by atoms with Gasteiger partial charge in [0, 0.05) is 12.5 Å². The molecule has 4 rings (SSSR count). The summed E-state index contributed by atoms with van der Waals surface area (Å²) in [5, 5.41) is 14.9. The van der Waals surface area contributed by atoms with E-state index in [9.17, 15) is 14.7 Å². The normalized spacial score (nSPS) is 16.7. The Morgan fingerprint density at radius 2 is 1.47 bits per heavy atom. The van der Waals surface area contributed by atoms with Gasteiger partial charge in [-0.2, -0.15) is 0 Å². The zero-order valence-electron chi connectivity index (χ0n) is 18.9. The lowest BCUT2D eigenvalue weighted by atomic mass is 9.86. The van der Waals surface area contributed by atoms with E-state index in [4.69, 9.17) is 9.47 Å². The smallest absolute Gasteiger partial charge is 0.348 e. The molecule has 2 unspecified atom stereocenters. The van der Waals surface area contributed by atoms with Crippen LogP contribution in [0, 0.1) is 5.92 Å². The fourth-order valence-corrected chi connectivity index (χ4v) is 4.25. The SMILES string of the molecule is O=C(COCc1ccccc1)C(OC(=O)C(O)(c1ccccc1)c1ccccc1)C1CCNC1. The molecule has 6 nitrogen and oxygen atoms in total. The van der Waals surface area contributed by atoms with Gasteiger partial charge >= 0.3 is 5.97 Å². The first-order chi connectivity index (χ1) is 16.6. The average Bonchev–Trinajstić information content (AvgIpc) is 3.43. The number of aliphatic hydroxyl groups is 1. The van der Waals surface area contributed by atoms with Gasteiger partial charge in [0.05, 0.1) is 6.61 Å². The predicted octanol–water partition coefficient (Wildman–Crippen LogP) is 3.23. The molecular weight excluding hydrogens is 430 g/mol. The van der Waals surface area contributed by atoms with Gasteiger partial charge in [0.2, 0.25) is 5.60 Å². The molecule has 1 aliphatic rings. The number of nitrogens with one attached hydrogen (secondary N) is 1. The van der Waals surface area contributed by atoms with Gasteiger partial charge in [0.15, 0.2) is 11.9 Å². The van der Waals surface area contributed by atoms with Crippen molar-refractivity contribution >= 4 is 11.8 Å². The first-order valence-corrected chi connectivity index (χ1v) is 11.5. The van der Waals surface area contributed by atoms with Gasteiger partial charge in [-0.1, -0.05) is 91.0 Å². The molecule has 0 saturated carbocycles. The van der Waals surface area contributed by atoms with E-state index in [0.717, 1.165) is 12.1 Å². The van der Waals surface area contributed by atoms with Crippen molar-refractivity contribution in [3.05, 3.63) is 108 Å². The Balaban J connectivity index is 1.54. The molecule has 1 saturated heterocycles. The van der Waals surface area contributed by atoms with Crippen LogP contribution in [0.2, 0.25) is 0 Å². The maximum atomic E-state index is 13.5. The van der Waals surface area contributed by atoms with Gasteiger partial charge in [-0.15, -0.1) is 0 Å². The number of esters is 1. The van der Waals surface area contributed by atoms with Crippen molar-refractivity contribution in [2.45, 2.75) is 24.7 Å². The topological polar surface area (TPSA) is 84.9 Å². The second kappa shape index (κ2) is 11.2. The molecule has 0 amide bonds. The molecule has 1 heterocycles. The lowest BCUT2D eigenvalue weighted by molar-refractivity contribution is -0.174. The highest BCUT2D eigenvalue weighted by Gasteiger charge is 2.45. The molecule has 0 radical (unpaired) electrons. The second-order valence-corrected chi connectivity index (χ2v) is 8.47. The van der Waals surface area contributed by atoms with Crippen molar-refractivity contribution < 1.29 is 24.2 Å². The third-order valence-corrected chi connectivity index (χ3v) is 6.11. The van der Waals surface area contributed by atoms with Crippen LogP contribution in [0.3, 0.4) is 0 Å². The van der Waals surface area contributed by atoms with E-state index in [-0.39, 0.29) is 24.9 Å². The summed E-state index contributed by atoms with van der Waals surface area (Å²) in [4.78, 5) is 26.7. The van der Waals surface area contributed by atoms with Gasteiger partial charge in [-0.05, 0) is 29.7 Å². The molecule has 0 aliphatic carbocycles. The van der Waals surface area contributed by atoms with Crippen LogP contribution in [0.15, 0.2) is 91.0 Å². The summed E-state index contributed by atoms with van der Waals surface area (Å²) in [6.07, 6.45) is -0.325. The second-order valence-electron chi connectivity index (χ2n) is 8.47. The summed E-state index contributed by atoms with van der Waals surface area (Å²) in [6.45, 7) is 1.39. The van der Waals surface area contributed by atoms with Gasteiger partial charge in [-0.3, -0.25) is 4.79 Å². The highest BCUT2D eigenvalue weighted by Crippen LogP contribution is 2.32. The van der Waals surface area contributed by atoms with Crippen LogP contribution >= 0.6 is 0 Å². The molecule has 0 spiro atoms. The fourth-order valence-electron chi connectivity index (χ4n) is 4.25. The van der Waals surface area contributed by atoms with Gasteiger partial charge in [0.25, 0.3) is 0 Å². The number of ketones is 1. The predicted molar refractivity (Wildman–Crippen MR) is 128 cm³/mol. The van der Waals surface area contributed by atoms with Crippen molar-refractivity contribution in [1.82, 2.24) is 5.32 Å². The van der Waals surface area contributed by atoms with Gasteiger partial charge < -0.3 is 19.9 Å². The quantitative estimate of drug-likeness (QED) is 0.453. The zero-order valence-corrected chi connectivity index (χ0v) is 18.9. The van der Waals surface area contributed by atoms with E-state index in [1.165, 1.54) is 0 Å². The standard InChI is InChI=1S/C28H29NO5/c30-25(20-33-19-21-10-4-1-5-11-21)26(22-16-17-29-18-22)34-27(31)28(32,23-12-6-2-7-13-23)24-14-8-3-9-15-24/h1-15,22,26,29,32H,16-20H2. The van der Waals surface area contributed by atoms with Crippen LogP contribution in [-0.2, 0) is 31.3 Å². The first-order valence-electron chi connectivity index (χ1n) is 11.5. The number of benzene rings is 3. The van der Waals surface area contributed by atoms with Crippen LogP contribution in [0.5, 0.6) is 0 Å². The molecule has 3 aromatic rings. The molecule has 1 fully saturated rings. The van der Waals surface area contributed by atoms with Crippen LogP contribution in [0.25, 0.3) is 0 Å². The summed E-state index contributed by atoms with van der Waals surface area (Å²) >= 11 is 0. The Kier molecular flexibility index (Phi) is 7.85. The number of rotatable bonds is 10. The maximum absolute atomic E-state index is 13.5. The highest BCUT2D eigenvalue weighted by molar-refractivity contribution is 5.91. The molecule has 2 atom stereocenters. The van der Waals surface area contributed by atoms with Crippen LogP contribution in [0.1, 0.15) is 23.1 Å². The van der Waals surface area contributed by atoms with Crippen molar-refractivity contribution in [3.8, 4) is 0 Å². The van der Waals surface area contributed by atoms with E-state index in [0.29, 0.717) is 24.1 Å². The van der Waals surface area contributed by atoms with Crippen molar-refractivity contribution in [3.63, 3.8) is 0 Å². The minimum atomic E-state index is -2.04. The number of carbonyl (C=O) groups is 2. The number of hydrogen-bond donors (Lipinski definition) is 2. The van der Waals surface area contributed by atoms with E-state index in [1.807, 2.05) is 30.3 Å². The monoisotopic (exact) mass is 459 g/mol. The molecule has 3 aromatic carbocycles. The minimum Gasteiger partial charge on any atom is -0.451 e. The number of Topliss-reactive ketones (excluding diaryl/α,β-unsaturated/α-hetero) is 1. The van der Waals surface area contributed by atoms with Crippen molar-refractivity contribution in [1.29, 1.82) is 0 Å². The Hall–Kier alpha value is -3.32. The summed E-state index contributed by atoms with van der Waals surface area (Å²) in [5.74, 6) is -1.38. The van der Waals surface area contributed by atoms with E-state index in [1.54, 1.807) is 60.7 Å². The first kappa shape index (κ1) is 23.8. The molecule has 6 heteroatoms. The molecule has 0 bridgehead atoms. The Morgan fingerprint density at radius 3 is 2.00 bits per heavy atom. The Morgan fingerprint density at radius 1 is 0.912 bits per heavy atom.